The van der Waals surface area contributed by atoms with Crippen LogP contribution in [0.4, 0.5) is 0 Å². The summed E-state index contributed by atoms with van der Waals surface area (Å²) < 4.78 is 0. The third-order valence-corrected chi connectivity index (χ3v) is 3.63. The predicted molar refractivity (Wildman–Crippen MR) is 67.3 cm³/mol. The summed E-state index contributed by atoms with van der Waals surface area (Å²) in [6.07, 6.45) is 6.78. The molecule has 0 spiro atoms. The van der Waals surface area contributed by atoms with Gasteiger partial charge in [0.2, 0.25) is 0 Å². The van der Waals surface area contributed by atoms with Gasteiger partial charge in [0.1, 0.15) is 0 Å². The van der Waals surface area contributed by atoms with Gasteiger partial charge in [-0.05, 0) is 19.8 Å². The minimum absolute atomic E-state index is 0.729. The second-order valence-electron chi connectivity index (χ2n) is 4.90. The minimum Gasteiger partial charge on any atom is -0.311 e. The largest absolute Gasteiger partial charge is 0.311 e. The highest BCUT2D eigenvalue weighted by Gasteiger charge is 2.21. The van der Waals surface area contributed by atoms with Gasteiger partial charge in [-0.2, -0.15) is 0 Å². The fourth-order valence-corrected chi connectivity index (χ4v) is 2.40. The van der Waals surface area contributed by atoms with E-state index in [2.05, 4.69) is 31.0 Å². The normalized spacial score (nSPS) is 25.4. The third kappa shape index (κ3) is 4.52. The Morgan fingerprint density at radius 2 is 2.13 bits per heavy atom. The average Bonchev–Trinajstić information content (AvgIpc) is 2.29. The molecule has 1 rings (SSSR count). The zero-order chi connectivity index (χ0) is 11.1. The fourth-order valence-electron chi connectivity index (χ4n) is 2.40. The number of unbranched alkanes of at least 4 members (excludes halogenated alkanes) is 2. The molecule has 0 bridgehead atoms. The van der Waals surface area contributed by atoms with Crippen LogP contribution in [0, 0.1) is 0 Å². The first kappa shape index (κ1) is 13.0. The summed E-state index contributed by atoms with van der Waals surface area (Å²) in [5, 5.41) is 3.58. The maximum atomic E-state index is 3.58. The summed E-state index contributed by atoms with van der Waals surface area (Å²) in [7, 11) is 0. The summed E-state index contributed by atoms with van der Waals surface area (Å²) in [5.74, 6) is 0. The Balaban J connectivity index is 2.22. The van der Waals surface area contributed by atoms with Gasteiger partial charge in [0, 0.05) is 31.7 Å². The van der Waals surface area contributed by atoms with E-state index in [9.17, 15) is 0 Å². The lowest BCUT2D eigenvalue weighted by Gasteiger charge is -2.37. The van der Waals surface area contributed by atoms with Crippen LogP contribution in [0.1, 0.15) is 52.9 Å². The number of nitrogens with one attached hydrogen (secondary N) is 1. The topological polar surface area (TPSA) is 15.3 Å². The van der Waals surface area contributed by atoms with Gasteiger partial charge in [0.15, 0.2) is 0 Å². The lowest BCUT2D eigenvalue weighted by atomic mass is 10.1. The van der Waals surface area contributed by atoms with Crippen molar-refractivity contribution in [1.82, 2.24) is 10.2 Å². The van der Waals surface area contributed by atoms with Crippen molar-refractivity contribution in [2.45, 2.75) is 65.0 Å². The molecule has 2 heteroatoms. The first-order valence-electron chi connectivity index (χ1n) is 6.75. The van der Waals surface area contributed by atoms with Crippen LogP contribution in [-0.2, 0) is 0 Å². The maximum Gasteiger partial charge on any atom is 0.0193 e. The van der Waals surface area contributed by atoms with E-state index in [1.807, 2.05) is 0 Å². The minimum atomic E-state index is 0.729. The van der Waals surface area contributed by atoms with Crippen LogP contribution in [0.2, 0.25) is 0 Å². The lowest BCUT2D eigenvalue weighted by molar-refractivity contribution is 0.143. The molecule has 90 valence electrons. The summed E-state index contributed by atoms with van der Waals surface area (Å²) in [4.78, 5) is 2.67. The van der Waals surface area contributed by atoms with Gasteiger partial charge in [-0.1, -0.05) is 33.1 Å². The van der Waals surface area contributed by atoms with Gasteiger partial charge in [-0.25, -0.2) is 0 Å². The van der Waals surface area contributed by atoms with Crippen molar-refractivity contribution in [2.75, 3.05) is 19.6 Å². The van der Waals surface area contributed by atoms with Gasteiger partial charge >= 0.3 is 0 Å². The molecule has 1 aliphatic heterocycles. The molecule has 2 nitrogen and oxygen atoms in total. The molecule has 1 saturated heterocycles. The first-order chi connectivity index (χ1) is 7.27. The first-order valence-corrected chi connectivity index (χ1v) is 6.75. The summed E-state index contributed by atoms with van der Waals surface area (Å²) >= 11 is 0. The van der Waals surface area contributed by atoms with E-state index in [0.29, 0.717) is 0 Å². The van der Waals surface area contributed by atoms with Gasteiger partial charge in [-0.3, -0.25) is 4.90 Å². The second-order valence-corrected chi connectivity index (χ2v) is 4.90. The van der Waals surface area contributed by atoms with Gasteiger partial charge < -0.3 is 5.32 Å². The number of piperazine rings is 1. The highest BCUT2D eigenvalue weighted by atomic mass is 15.2. The SMILES string of the molecule is CCCCCC(C)N1CCNC(CC)C1. The summed E-state index contributed by atoms with van der Waals surface area (Å²) in [6.45, 7) is 10.6. The van der Waals surface area contributed by atoms with E-state index in [1.54, 1.807) is 0 Å². The maximum absolute atomic E-state index is 3.58. The quantitative estimate of drug-likeness (QED) is 0.681. The molecule has 0 aromatic heterocycles. The van der Waals surface area contributed by atoms with Gasteiger partial charge in [0.05, 0.1) is 0 Å². The van der Waals surface area contributed by atoms with Crippen molar-refractivity contribution in [2.24, 2.45) is 0 Å². The lowest BCUT2D eigenvalue weighted by Crippen LogP contribution is -2.53. The van der Waals surface area contributed by atoms with Crippen molar-refractivity contribution in [3.63, 3.8) is 0 Å². The molecule has 1 heterocycles. The van der Waals surface area contributed by atoms with E-state index in [0.717, 1.165) is 12.1 Å². The van der Waals surface area contributed by atoms with Crippen LogP contribution in [0.3, 0.4) is 0 Å². The average molecular weight is 212 g/mol. The van der Waals surface area contributed by atoms with Crippen molar-refractivity contribution in [3.8, 4) is 0 Å². The number of nitrogens with zero attached hydrogens (tertiary/aromatic N) is 1. The van der Waals surface area contributed by atoms with E-state index in [4.69, 9.17) is 0 Å². The smallest absolute Gasteiger partial charge is 0.0193 e. The van der Waals surface area contributed by atoms with Gasteiger partial charge in [0.25, 0.3) is 0 Å². The molecule has 2 unspecified atom stereocenters. The van der Waals surface area contributed by atoms with E-state index >= 15 is 0 Å². The van der Waals surface area contributed by atoms with Crippen LogP contribution in [-0.4, -0.2) is 36.6 Å². The zero-order valence-electron chi connectivity index (χ0n) is 10.8. The van der Waals surface area contributed by atoms with E-state index in [-0.39, 0.29) is 0 Å². The fraction of sp³-hybridized carbons (Fsp3) is 1.00. The molecule has 0 aliphatic carbocycles. The van der Waals surface area contributed by atoms with Crippen molar-refractivity contribution >= 4 is 0 Å². The summed E-state index contributed by atoms with van der Waals surface area (Å²) in [6, 6.07) is 1.51. The molecular formula is C13H28N2. The number of hydrogen-bond donors (Lipinski definition) is 1. The van der Waals surface area contributed by atoms with E-state index < -0.39 is 0 Å². The standard InChI is InChI=1S/C13H28N2/c1-4-6-7-8-12(3)15-10-9-14-13(5-2)11-15/h12-14H,4-11H2,1-3H3. The highest BCUT2D eigenvalue weighted by molar-refractivity contribution is 4.80. The molecule has 0 radical (unpaired) electrons. The van der Waals surface area contributed by atoms with Crippen LogP contribution in [0.5, 0.6) is 0 Å². The molecule has 1 fully saturated rings. The molecule has 1 N–H and O–H groups in total. The van der Waals surface area contributed by atoms with Crippen LogP contribution >= 0.6 is 0 Å². The Hall–Kier alpha value is -0.0800. The molecule has 1 aliphatic rings. The molecule has 0 aromatic carbocycles. The molecule has 15 heavy (non-hydrogen) atoms. The van der Waals surface area contributed by atoms with E-state index in [1.165, 1.54) is 51.7 Å². The third-order valence-electron chi connectivity index (χ3n) is 3.63. The second kappa shape index (κ2) is 7.24. The Labute approximate surface area is 95.4 Å². The molecular weight excluding hydrogens is 184 g/mol. The predicted octanol–water partition coefficient (Wildman–Crippen LogP) is 2.64. The van der Waals surface area contributed by atoms with Crippen LogP contribution in [0.15, 0.2) is 0 Å². The number of rotatable bonds is 6. The zero-order valence-corrected chi connectivity index (χ0v) is 10.8. The number of hydrogen-bond acceptors (Lipinski definition) is 2. The Kier molecular flexibility index (Phi) is 6.26. The van der Waals surface area contributed by atoms with Crippen molar-refractivity contribution in [1.29, 1.82) is 0 Å². The highest BCUT2D eigenvalue weighted by Crippen LogP contribution is 2.12. The monoisotopic (exact) mass is 212 g/mol. The van der Waals surface area contributed by atoms with Gasteiger partial charge in [-0.15, -0.1) is 0 Å². The molecule has 0 aromatic rings. The Morgan fingerprint density at radius 3 is 2.80 bits per heavy atom. The molecule has 0 saturated carbocycles. The van der Waals surface area contributed by atoms with Crippen molar-refractivity contribution in [3.05, 3.63) is 0 Å². The molecule has 2 atom stereocenters. The summed E-state index contributed by atoms with van der Waals surface area (Å²) in [5.41, 5.74) is 0. The Morgan fingerprint density at radius 1 is 1.33 bits per heavy atom. The van der Waals surface area contributed by atoms with Crippen molar-refractivity contribution < 1.29 is 0 Å². The van der Waals surface area contributed by atoms with Crippen LogP contribution in [0.25, 0.3) is 0 Å². The Bertz CT molecular complexity index is 159. The molecule has 0 amide bonds. The van der Waals surface area contributed by atoms with Crippen LogP contribution < -0.4 is 5.32 Å².